The number of alkyl halides is 3. The second-order valence-electron chi connectivity index (χ2n) is 6.30. The van der Waals surface area contributed by atoms with Crippen molar-refractivity contribution in [2.24, 2.45) is 10.9 Å². The number of nitrogens with one attached hydrogen (secondary N) is 2. The van der Waals surface area contributed by atoms with Gasteiger partial charge in [-0.2, -0.15) is 13.2 Å². The fourth-order valence-electron chi connectivity index (χ4n) is 3.14. The van der Waals surface area contributed by atoms with Crippen molar-refractivity contribution in [3.05, 3.63) is 12.2 Å². The van der Waals surface area contributed by atoms with Crippen molar-refractivity contribution in [2.75, 3.05) is 13.1 Å². The fraction of sp³-hybridized carbons (Fsp3) is 0.812. The molecule has 0 radical (unpaired) electrons. The van der Waals surface area contributed by atoms with E-state index in [2.05, 4.69) is 25.8 Å². The zero-order valence-electron chi connectivity index (χ0n) is 14.8. The molecule has 2 rings (SSSR count). The molecular weight excluding hydrogens is 333 g/mol. The van der Waals surface area contributed by atoms with Crippen molar-refractivity contribution < 1.29 is 13.2 Å². The van der Waals surface area contributed by atoms with E-state index in [4.69, 9.17) is 0 Å². The van der Waals surface area contributed by atoms with Crippen molar-refractivity contribution in [1.82, 2.24) is 25.4 Å². The van der Waals surface area contributed by atoms with Crippen LogP contribution in [0.3, 0.4) is 0 Å². The summed E-state index contributed by atoms with van der Waals surface area (Å²) in [7, 11) is 0. The van der Waals surface area contributed by atoms with Crippen molar-refractivity contribution in [3.8, 4) is 0 Å². The lowest BCUT2D eigenvalue weighted by atomic mass is 9.85. The molecule has 142 valence electrons. The molecule has 1 aromatic heterocycles. The predicted octanol–water partition coefficient (Wildman–Crippen LogP) is 2.52. The van der Waals surface area contributed by atoms with Gasteiger partial charge in [-0.05, 0) is 26.2 Å². The molecule has 2 unspecified atom stereocenters. The van der Waals surface area contributed by atoms with Crippen LogP contribution in [0.1, 0.15) is 45.4 Å². The summed E-state index contributed by atoms with van der Waals surface area (Å²) in [4.78, 5) is 4.48. The SMILES string of the molecule is CCNC(=NCCn1cnnc1CC)NC1CCCC(C(F)(F)F)C1. The Bertz CT molecular complexity index is 554. The van der Waals surface area contributed by atoms with Gasteiger partial charge in [0, 0.05) is 25.6 Å². The number of aryl methyl sites for hydroxylation is 1. The maximum atomic E-state index is 12.9. The average molecular weight is 360 g/mol. The first-order chi connectivity index (χ1) is 11.9. The molecule has 0 aromatic carbocycles. The van der Waals surface area contributed by atoms with E-state index in [0.29, 0.717) is 32.0 Å². The highest BCUT2D eigenvalue weighted by Crippen LogP contribution is 2.37. The first-order valence-corrected chi connectivity index (χ1v) is 8.92. The Labute approximate surface area is 146 Å². The molecule has 25 heavy (non-hydrogen) atoms. The highest BCUT2D eigenvalue weighted by atomic mass is 19.4. The second kappa shape index (κ2) is 9.05. The fourth-order valence-corrected chi connectivity index (χ4v) is 3.14. The van der Waals surface area contributed by atoms with Gasteiger partial charge in [0.2, 0.25) is 0 Å². The molecule has 1 heterocycles. The standard InChI is InChI=1S/C16H27F3N6/c1-3-14-24-22-11-25(14)9-8-21-15(20-4-2)23-13-7-5-6-12(10-13)16(17,18)19/h11-13H,3-10H2,1-2H3,(H2,20,21,23). The summed E-state index contributed by atoms with van der Waals surface area (Å²) in [5.41, 5.74) is 0. The molecule has 1 aliphatic rings. The summed E-state index contributed by atoms with van der Waals surface area (Å²) in [6.07, 6.45) is 0.0138. The molecule has 6 nitrogen and oxygen atoms in total. The van der Waals surface area contributed by atoms with Crippen LogP contribution >= 0.6 is 0 Å². The van der Waals surface area contributed by atoms with Crippen molar-refractivity contribution >= 4 is 5.96 Å². The van der Waals surface area contributed by atoms with Crippen LogP contribution in [0, 0.1) is 5.92 Å². The first kappa shape index (κ1) is 19.5. The van der Waals surface area contributed by atoms with E-state index in [1.54, 1.807) is 6.33 Å². The number of aliphatic imine (C=N–C) groups is 1. The van der Waals surface area contributed by atoms with E-state index in [9.17, 15) is 13.2 Å². The minimum Gasteiger partial charge on any atom is -0.357 e. The van der Waals surface area contributed by atoms with Gasteiger partial charge < -0.3 is 15.2 Å². The Kier molecular flexibility index (Phi) is 7.07. The number of hydrogen-bond donors (Lipinski definition) is 2. The van der Waals surface area contributed by atoms with Crippen molar-refractivity contribution in [2.45, 2.75) is 64.7 Å². The van der Waals surface area contributed by atoms with Gasteiger partial charge in [-0.25, -0.2) is 0 Å². The molecule has 0 saturated heterocycles. The predicted molar refractivity (Wildman–Crippen MR) is 90.3 cm³/mol. The van der Waals surface area contributed by atoms with Crippen LogP contribution in [0.4, 0.5) is 13.2 Å². The number of rotatable bonds is 6. The van der Waals surface area contributed by atoms with Gasteiger partial charge in [-0.3, -0.25) is 4.99 Å². The van der Waals surface area contributed by atoms with Gasteiger partial charge in [-0.1, -0.05) is 13.3 Å². The molecule has 0 spiro atoms. The first-order valence-electron chi connectivity index (χ1n) is 8.92. The number of halogens is 3. The summed E-state index contributed by atoms with van der Waals surface area (Å²) in [5.74, 6) is 0.251. The maximum Gasteiger partial charge on any atom is 0.391 e. The Balaban J connectivity index is 1.91. The molecule has 2 N–H and O–H groups in total. The number of guanidine groups is 1. The van der Waals surface area contributed by atoms with Gasteiger partial charge in [0.25, 0.3) is 0 Å². The lowest BCUT2D eigenvalue weighted by Gasteiger charge is -2.31. The van der Waals surface area contributed by atoms with Crippen LogP contribution in [-0.2, 0) is 13.0 Å². The summed E-state index contributed by atoms with van der Waals surface area (Å²) in [6.45, 7) is 5.76. The molecule has 0 bridgehead atoms. The monoisotopic (exact) mass is 360 g/mol. The third kappa shape index (κ3) is 5.89. The molecular formula is C16H27F3N6. The van der Waals surface area contributed by atoms with Crippen LogP contribution in [0.25, 0.3) is 0 Å². The smallest absolute Gasteiger partial charge is 0.357 e. The topological polar surface area (TPSA) is 67.1 Å². The zero-order chi connectivity index (χ0) is 18.3. The van der Waals surface area contributed by atoms with Crippen LogP contribution in [0.15, 0.2) is 11.3 Å². The Hall–Kier alpha value is -1.80. The summed E-state index contributed by atoms with van der Waals surface area (Å²) >= 11 is 0. The maximum absolute atomic E-state index is 12.9. The van der Waals surface area contributed by atoms with Crippen molar-refractivity contribution in [1.29, 1.82) is 0 Å². The van der Waals surface area contributed by atoms with Crippen LogP contribution in [0.5, 0.6) is 0 Å². The molecule has 2 atom stereocenters. The quantitative estimate of drug-likeness (QED) is 0.604. The second-order valence-corrected chi connectivity index (χ2v) is 6.30. The van der Waals surface area contributed by atoms with E-state index in [1.807, 2.05) is 18.4 Å². The highest BCUT2D eigenvalue weighted by Gasteiger charge is 2.42. The van der Waals surface area contributed by atoms with Gasteiger partial charge in [0.1, 0.15) is 12.2 Å². The number of hydrogen-bond acceptors (Lipinski definition) is 3. The highest BCUT2D eigenvalue weighted by molar-refractivity contribution is 5.80. The third-order valence-corrected chi connectivity index (χ3v) is 4.44. The molecule has 9 heteroatoms. The van der Waals surface area contributed by atoms with Gasteiger partial charge in [0.15, 0.2) is 5.96 Å². The molecule has 0 amide bonds. The van der Waals surface area contributed by atoms with E-state index in [0.717, 1.165) is 18.7 Å². The molecule has 1 fully saturated rings. The van der Waals surface area contributed by atoms with Crippen LogP contribution in [0.2, 0.25) is 0 Å². The summed E-state index contributed by atoms with van der Waals surface area (Å²) in [6, 6.07) is -0.195. The minimum atomic E-state index is -4.11. The Morgan fingerprint density at radius 2 is 2.16 bits per heavy atom. The van der Waals surface area contributed by atoms with E-state index in [-0.39, 0.29) is 18.9 Å². The summed E-state index contributed by atoms with van der Waals surface area (Å²) in [5, 5.41) is 14.2. The average Bonchev–Trinajstić information content (AvgIpc) is 3.02. The van der Waals surface area contributed by atoms with Crippen molar-refractivity contribution in [3.63, 3.8) is 0 Å². The number of nitrogens with zero attached hydrogens (tertiary/aromatic N) is 4. The van der Waals surface area contributed by atoms with E-state index < -0.39 is 12.1 Å². The van der Waals surface area contributed by atoms with E-state index in [1.165, 1.54) is 0 Å². The summed E-state index contributed by atoms with van der Waals surface area (Å²) < 4.78 is 40.8. The van der Waals surface area contributed by atoms with Crippen LogP contribution < -0.4 is 10.6 Å². The van der Waals surface area contributed by atoms with Gasteiger partial charge in [0.05, 0.1) is 12.5 Å². The molecule has 1 aliphatic carbocycles. The lowest BCUT2D eigenvalue weighted by molar-refractivity contribution is -0.183. The van der Waals surface area contributed by atoms with E-state index >= 15 is 0 Å². The molecule has 1 saturated carbocycles. The molecule has 1 aromatic rings. The van der Waals surface area contributed by atoms with Crippen LogP contribution in [-0.4, -0.2) is 46.0 Å². The Morgan fingerprint density at radius 3 is 2.84 bits per heavy atom. The molecule has 0 aliphatic heterocycles. The van der Waals surface area contributed by atoms with Gasteiger partial charge >= 0.3 is 6.18 Å². The zero-order valence-corrected chi connectivity index (χ0v) is 14.8. The Morgan fingerprint density at radius 1 is 1.36 bits per heavy atom. The normalized spacial score (nSPS) is 22.0. The lowest BCUT2D eigenvalue weighted by Crippen LogP contribution is -2.47. The third-order valence-electron chi connectivity index (χ3n) is 4.44. The largest absolute Gasteiger partial charge is 0.391 e. The van der Waals surface area contributed by atoms with Gasteiger partial charge in [-0.15, -0.1) is 10.2 Å². The minimum absolute atomic E-state index is 0.110. The number of aromatic nitrogens is 3.